The second-order valence-corrected chi connectivity index (χ2v) is 4.50. The molecule has 4 heteroatoms. The highest BCUT2D eigenvalue weighted by atomic mass is 16.5. The van der Waals surface area contributed by atoms with Gasteiger partial charge in [-0.1, -0.05) is 30.3 Å². The molecule has 0 saturated heterocycles. The van der Waals surface area contributed by atoms with Crippen molar-refractivity contribution in [2.75, 3.05) is 12.4 Å². The molecular weight excluding hydrogens is 254 g/mol. The van der Waals surface area contributed by atoms with Gasteiger partial charge in [-0.2, -0.15) is 0 Å². The van der Waals surface area contributed by atoms with E-state index >= 15 is 0 Å². The summed E-state index contributed by atoms with van der Waals surface area (Å²) in [5.41, 5.74) is 2.50. The van der Waals surface area contributed by atoms with Crippen LogP contribution in [0.1, 0.15) is 17.2 Å². The van der Waals surface area contributed by atoms with Crippen molar-refractivity contribution in [3.63, 3.8) is 0 Å². The third-order valence-electron chi connectivity index (χ3n) is 3.14. The van der Waals surface area contributed by atoms with E-state index in [9.17, 15) is 9.90 Å². The Morgan fingerprint density at radius 1 is 1.15 bits per heavy atom. The number of hydrogen-bond donors (Lipinski definition) is 2. The first-order valence-electron chi connectivity index (χ1n) is 6.30. The molecule has 1 atom stereocenters. The molecule has 1 unspecified atom stereocenters. The van der Waals surface area contributed by atoms with Gasteiger partial charge in [0.25, 0.3) is 0 Å². The van der Waals surface area contributed by atoms with Crippen LogP contribution in [-0.2, 0) is 4.79 Å². The van der Waals surface area contributed by atoms with Gasteiger partial charge in [0.05, 0.1) is 7.11 Å². The van der Waals surface area contributed by atoms with Crippen molar-refractivity contribution in [3.8, 4) is 5.75 Å². The van der Waals surface area contributed by atoms with Crippen molar-refractivity contribution in [2.45, 2.75) is 13.0 Å². The fourth-order valence-corrected chi connectivity index (χ4v) is 1.97. The van der Waals surface area contributed by atoms with Crippen LogP contribution in [0.5, 0.6) is 5.75 Å². The number of nitrogens with one attached hydrogen (secondary N) is 1. The van der Waals surface area contributed by atoms with Gasteiger partial charge in [-0.15, -0.1) is 0 Å². The minimum atomic E-state index is -0.918. The van der Waals surface area contributed by atoms with E-state index in [4.69, 9.17) is 4.74 Å². The average Bonchev–Trinajstić information content (AvgIpc) is 2.46. The highest BCUT2D eigenvalue weighted by Gasteiger charge is 2.20. The number of hydrogen-bond acceptors (Lipinski definition) is 3. The minimum Gasteiger partial charge on any atom is -0.497 e. The molecule has 0 spiro atoms. The molecule has 0 bridgehead atoms. The summed E-state index contributed by atoms with van der Waals surface area (Å²) in [5, 5.41) is 12.5. The van der Waals surface area contributed by atoms with Gasteiger partial charge in [0.1, 0.15) is 5.75 Å². The summed E-state index contributed by atoms with van der Waals surface area (Å²) < 4.78 is 5.08. The number of carboxylic acids is 1. The zero-order valence-corrected chi connectivity index (χ0v) is 11.5. The SMILES string of the molecule is COc1ccc(C(Nc2ccccc2C)C(=O)O)cc1. The van der Waals surface area contributed by atoms with Gasteiger partial charge < -0.3 is 15.2 Å². The van der Waals surface area contributed by atoms with E-state index in [0.29, 0.717) is 11.3 Å². The van der Waals surface area contributed by atoms with Crippen molar-refractivity contribution in [1.82, 2.24) is 0 Å². The van der Waals surface area contributed by atoms with E-state index < -0.39 is 12.0 Å². The first-order valence-corrected chi connectivity index (χ1v) is 6.30. The topological polar surface area (TPSA) is 58.6 Å². The molecule has 0 aliphatic rings. The first-order chi connectivity index (χ1) is 9.61. The summed E-state index contributed by atoms with van der Waals surface area (Å²) >= 11 is 0. The number of aryl methyl sites for hydroxylation is 1. The van der Waals surface area contributed by atoms with E-state index in [-0.39, 0.29) is 0 Å². The van der Waals surface area contributed by atoms with E-state index in [2.05, 4.69) is 5.32 Å². The molecule has 0 radical (unpaired) electrons. The van der Waals surface area contributed by atoms with Gasteiger partial charge >= 0.3 is 5.97 Å². The maximum absolute atomic E-state index is 11.5. The molecule has 0 amide bonds. The number of carboxylic acid groups (broad SMARTS) is 1. The fraction of sp³-hybridized carbons (Fsp3) is 0.188. The Morgan fingerprint density at radius 3 is 2.35 bits per heavy atom. The molecular formula is C16H17NO3. The number of rotatable bonds is 5. The summed E-state index contributed by atoms with van der Waals surface area (Å²) in [7, 11) is 1.58. The predicted molar refractivity (Wildman–Crippen MR) is 78.2 cm³/mol. The van der Waals surface area contributed by atoms with Crippen LogP contribution in [0.25, 0.3) is 0 Å². The van der Waals surface area contributed by atoms with Crippen LogP contribution < -0.4 is 10.1 Å². The van der Waals surface area contributed by atoms with E-state index in [1.807, 2.05) is 31.2 Å². The van der Waals surface area contributed by atoms with Gasteiger partial charge in [0.15, 0.2) is 6.04 Å². The molecule has 4 nitrogen and oxygen atoms in total. The normalized spacial score (nSPS) is 11.7. The van der Waals surface area contributed by atoms with Gasteiger partial charge in [-0.25, -0.2) is 4.79 Å². The van der Waals surface area contributed by atoms with E-state index in [1.54, 1.807) is 31.4 Å². The summed E-state index contributed by atoms with van der Waals surface area (Å²) in [4.78, 5) is 11.5. The molecule has 0 heterocycles. The second kappa shape index (κ2) is 6.10. The lowest BCUT2D eigenvalue weighted by atomic mass is 10.1. The second-order valence-electron chi connectivity index (χ2n) is 4.50. The van der Waals surface area contributed by atoms with Crippen LogP contribution in [0.4, 0.5) is 5.69 Å². The van der Waals surface area contributed by atoms with Gasteiger partial charge in [0.2, 0.25) is 0 Å². The van der Waals surface area contributed by atoms with Crippen LogP contribution in [0, 0.1) is 6.92 Å². The molecule has 2 aromatic rings. The number of para-hydroxylation sites is 1. The lowest BCUT2D eigenvalue weighted by Gasteiger charge is -2.18. The van der Waals surface area contributed by atoms with Crippen molar-refractivity contribution in [2.24, 2.45) is 0 Å². The quantitative estimate of drug-likeness (QED) is 0.876. The monoisotopic (exact) mass is 271 g/mol. The summed E-state index contributed by atoms with van der Waals surface area (Å²) in [5.74, 6) is -0.216. The lowest BCUT2D eigenvalue weighted by molar-refractivity contribution is -0.138. The maximum Gasteiger partial charge on any atom is 0.330 e. The van der Waals surface area contributed by atoms with Crippen molar-refractivity contribution in [1.29, 1.82) is 0 Å². The van der Waals surface area contributed by atoms with Crippen molar-refractivity contribution < 1.29 is 14.6 Å². The predicted octanol–water partition coefficient (Wildman–Crippen LogP) is 3.24. The molecule has 2 aromatic carbocycles. The van der Waals surface area contributed by atoms with Gasteiger partial charge in [0, 0.05) is 5.69 Å². The van der Waals surface area contributed by atoms with Crippen LogP contribution in [-0.4, -0.2) is 18.2 Å². The number of methoxy groups -OCH3 is 1. The number of anilines is 1. The molecule has 104 valence electrons. The van der Waals surface area contributed by atoms with E-state index in [0.717, 1.165) is 11.3 Å². The van der Waals surface area contributed by atoms with Crippen molar-refractivity contribution >= 4 is 11.7 Å². The number of ether oxygens (including phenoxy) is 1. The first kappa shape index (κ1) is 13.9. The third-order valence-corrected chi connectivity index (χ3v) is 3.14. The molecule has 0 aliphatic heterocycles. The Hall–Kier alpha value is -2.49. The smallest absolute Gasteiger partial charge is 0.330 e. The Balaban J connectivity index is 2.27. The van der Waals surface area contributed by atoms with Gasteiger partial charge in [-0.3, -0.25) is 0 Å². The van der Waals surface area contributed by atoms with Crippen molar-refractivity contribution in [3.05, 3.63) is 59.7 Å². The Bertz CT molecular complexity index is 593. The molecule has 2 N–H and O–H groups in total. The molecule has 20 heavy (non-hydrogen) atoms. The Kier molecular flexibility index (Phi) is 4.25. The van der Waals surface area contributed by atoms with E-state index in [1.165, 1.54) is 0 Å². The zero-order valence-electron chi connectivity index (χ0n) is 11.5. The molecule has 0 saturated carbocycles. The largest absolute Gasteiger partial charge is 0.497 e. The standard InChI is InChI=1S/C16H17NO3/c1-11-5-3-4-6-14(11)17-15(16(18)19)12-7-9-13(20-2)10-8-12/h3-10,15,17H,1-2H3,(H,18,19). The van der Waals surface area contributed by atoms with Crippen LogP contribution >= 0.6 is 0 Å². The zero-order chi connectivity index (χ0) is 14.5. The van der Waals surface area contributed by atoms with Crippen LogP contribution in [0.15, 0.2) is 48.5 Å². The minimum absolute atomic E-state index is 0.682. The van der Waals surface area contributed by atoms with Crippen LogP contribution in [0.3, 0.4) is 0 Å². The lowest BCUT2D eigenvalue weighted by Crippen LogP contribution is -2.20. The molecule has 2 rings (SSSR count). The fourth-order valence-electron chi connectivity index (χ4n) is 1.97. The average molecular weight is 271 g/mol. The molecule has 0 aromatic heterocycles. The number of aliphatic carboxylic acids is 1. The number of carbonyl (C=O) groups is 1. The summed E-state index contributed by atoms with van der Waals surface area (Å²) in [6.45, 7) is 1.94. The summed E-state index contributed by atoms with van der Waals surface area (Å²) in [6, 6.07) is 13.8. The Morgan fingerprint density at radius 2 is 1.80 bits per heavy atom. The highest BCUT2D eigenvalue weighted by molar-refractivity contribution is 5.79. The summed E-state index contributed by atoms with van der Waals surface area (Å²) in [6.07, 6.45) is 0. The number of benzene rings is 2. The van der Waals surface area contributed by atoms with Gasteiger partial charge in [-0.05, 0) is 36.2 Å². The Labute approximate surface area is 118 Å². The highest BCUT2D eigenvalue weighted by Crippen LogP contribution is 2.24. The van der Waals surface area contributed by atoms with Crippen LogP contribution in [0.2, 0.25) is 0 Å². The molecule has 0 fully saturated rings. The molecule has 0 aliphatic carbocycles. The third kappa shape index (κ3) is 3.09. The maximum atomic E-state index is 11.5.